The zero-order valence-corrected chi connectivity index (χ0v) is 17.0. The summed E-state index contributed by atoms with van der Waals surface area (Å²) in [4.78, 5) is 37.6. The van der Waals surface area contributed by atoms with Crippen molar-refractivity contribution < 1.29 is 14.0 Å². The molecule has 0 saturated heterocycles. The Balaban J connectivity index is 1.86. The predicted octanol–water partition coefficient (Wildman–Crippen LogP) is 3.45. The van der Waals surface area contributed by atoms with E-state index in [1.165, 1.54) is 10.7 Å². The van der Waals surface area contributed by atoms with Crippen molar-refractivity contribution in [2.45, 2.75) is 32.7 Å². The van der Waals surface area contributed by atoms with Gasteiger partial charge in [-0.2, -0.15) is 5.10 Å². The number of aryl methyl sites for hydroxylation is 1. The van der Waals surface area contributed by atoms with E-state index in [1.807, 2.05) is 6.92 Å². The van der Waals surface area contributed by atoms with E-state index in [1.54, 1.807) is 24.3 Å². The normalized spacial score (nSPS) is 10.8. The number of fused-ring (bicyclic) bond motifs is 1. The minimum absolute atomic E-state index is 0.0198. The first-order valence-electron chi connectivity index (χ1n) is 9.48. The smallest absolute Gasteiger partial charge is 0.267 e. The Labute approximate surface area is 176 Å². The van der Waals surface area contributed by atoms with Crippen LogP contribution in [0.25, 0.3) is 10.8 Å². The fraction of sp³-hybridized carbons (Fsp3) is 0.238. The molecule has 0 radical (unpaired) electrons. The third-order valence-corrected chi connectivity index (χ3v) is 4.75. The molecule has 2 aromatic carbocycles. The third kappa shape index (κ3) is 4.65. The highest BCUT2D eigenvalue weighted by Crippen LogP contribution is 2.15. The van der Waals surface area contributed by atoms with Crippen LogP contribution in [0, 0.1) is 5.82 Å². The Bertz CT molecular complexity index is 1160. The van der Waals surface area contributed by atoms with Crippen molar-refractivity contribution in [1.29, 1.82) is 0 Å². The number of hydrogen-bond donors (Lipinski definition) is 2. The summed E-state index contributed by atoms with van der Waals surface area (Å²) in [5.74, 6) is -2.38. The molecular weight excluding hydrogens is 411 g/mol. The number of nitrogens with zero attached hydrogens (tertiary/aromatic N) is 2. The Morgan fingerprint density at radius 3 is 2.50 bits per heavy atom. The number of aromatic nitrogens is 2. The molecule has 2 amide bonds. The third-order valence-electron chi connectivity index (χ3n) is 4.52. The second-order valence-corrected chi connectivity index (χ2v) is 7.10. The van der Waals surface area contributed by atoms with Gasteiger partial charge in [0.25, 0.3) is 17.4 Å². The average Bonchev–Trinajstić information content (AvgIpc) is 2.75. The SMILES string of the molecule is CCCCCn1nc(C(=O)NNC(=O)c2cc(Cl)ccc2F)c2ccccc2c1=O. The molecule has 1 heterocycles. The van der Waals surface area contributed by atoms with Crippen molar-refractivity contribution in [2.24, 2.45) is 0 Å². The first kappa shape index (κ1) is 21.4. The van der Waals surface area contributed by atoms with Crippen LogP contribution in [-0.2, 0) is 6.54 Å². The van der Waals surface area contributed by atoms with Gasteiger partial charge in [0.2, 0.25) is 0 Å². The molecule has 0 atom stereocenters. The average molecular weight is 431 g/mol. The van der Waals surface area contributed by atoms with Crippen molar-refractivity contribution in [2.75, 3.05) is 0 Å². The number of rotatable bonds is 6. The summed E-state index contributed by atoms with van der Waals surface area (Å²) in [6.45, 7) is 2.42. The summed E-state index contributed by atoms with van der Waals surface area (Å²) in [5.41, 5.74) is 3.75. The summed E-state index contributed by atoms with van der Waals surface area (Å²) in [7, 11) is 0. The predicted molar refractivity (Wildman–Crippen MR) is 112 cm³/mol. The molecule has 3 aromatic rings. The van der Waals surface area contributed by atoms with Gasteiger partial charge in [0.05, 0.1) is 10.9 Å². The molecule has 0 unspecified atom stereocenters. The van der Waals surface area contributed by atoms with Gasteiger partial charge >= 0.3 is 0 Å². The fourth-order valence-electron chi connectivity index (χ4n) is 2.98. The van der Waals surface area contributed by atoms with Gasteiger partial charge in [-0.25, -0.2) is 9.07 Å². The molecule has 156 valence electrons. The highest BCUT2D eigenvalue weighted by Gasteiger charge is 2.18. The number of halogens is 2. The minimum atomic E-state index is -0.871. The molecule has 0 aliphatic carbocycles. The molecule has 1 aromatic heterocycles. The lowest BCUT2D eigenvalue weighted by atomic mass is 10.1. The van der Waals surface area contributed by atoms with Crippen LogP contribution in [0.1, 0.15) is 47.0 Å². The zero-order chi connectivity index (χ0) is 21.7. The lowest BCUT2D eigenvalue weighted by Gasteiger charge is -2.12. The Hall–Kier alpha value is -3.26. The minimum Gasteiger partial charge on any atom is -0.267 e. The summed E-state index contributed by atoms with van der Waals surface area (Å²) in [5, 5.41) is 5.09. The van der Waals surface area contributed by atoms with E-state index >= 15 is 0 Å². The summed E-state index contributed by atoms with van der Waals surface area (Å²) < 4.78 is 15.1. The van der Waals surface area contributed by atoms with Gasteiger partial charge < -0.3 is 0 Å². The molecule has 0 aliphatic heterocycles. The molecule has 30 heavy (non-hydrogen) atoms. The van der Waals surface area contributed by atoms with E-state index in [9.17, 15) is 18.8 Å². The maximum atomic E-state index is 13.8. The van der Waals surface area contributed by atoms with Gasteiger partial charge in [-0.05, 0) is 30.7 Å². The van der Waals surface area contributed by atoms with Crippen LogP contribution < -0.4 is 16.4 Å². The van der Waals surface area contributed by atoms with E-state index < -0.39 is 17.6 Å². The topological polar surface area (TPSA) is 93.1 Å². The monoisotopic (exact) mass is 430 g/mol. The molecule has 0 fully saturated rings. The van der Waals surface area contributed by atoms with Crippen LogP contribution in [0.15, 0.2) is 47.3 Å². The van der Waals surface area contributed by atoms with Crippen LogP contribution in [0.4, 0.5) is 4.39 Å². The Kier molecular flexibility index (Phi) is 6.79. The first-order valence-corrected chi connectivity index (χ1v) is 9.85. The number of hydrogen-bond acceptors (Lipinski definition) is 4. The number of carbonyl (C=O) groups excluding carboxylic acids is 2. The van der Waals surface area contributed by atoms with Crippen molar-refractivity contribution in [1.82, 2.24) is 20.6 Å². The van der Waals surface area contributed by atoms with Gasteiger partial charge in [-0.3, -0.25) is 25.2 Å². The Morgan fingerprint density at radius 2 is 1.77 bits per heavy atom. The molecule has 3 rings (SSSR count). The van der Waals surface area contributed by atoms with E-state index in [-0.39, 0.29) is 21.8 Å². The Morgan fingerprint density at radius 1 is 1.07 bits per heavy atom. The van der Waals surface area contributed by atoms with E-state index in [0.29, 0.717) is 17.3 Å². The largest absolute Gasteiger partial charge is 0.290 e. The van der Waals surface area contributed by atoms with E-state index in [0.717, 1.165) is 31.4 Å². The number of carbonyl (C=O) groups is 2. The maximum absolute atomic E-state index is 13.8. The van der Waals surface area contributed by atoms with Crippen LogP contribution in [0.3, 0.4) is 0 Å². The summed E-state index contributed by atoms with van der Waals surface area (Å²) in [6, 6.07) is 10.1. The lowest BCUT2D eigenvalue weighted by molar-refractivity contribution is 0.0841. The standard InChI is InChI=1S/C21H20ClFN4O3/c1-2-3-6-11-27-21(30)15-8-5-4-7-14(15)18(26-27)20(29)25-24-19(28)16-12-13(22)9-10-17(16)23/h4-5,7-10,12H,2-3,6,11H2,1H3,(H,24,28)(H,25,29). The van der Waals surface area contributed by atoms with Crippen molar-refractivity contribution in [3.8, 4) is 0 Å². The van der Waals surface area contributed by atoms with Crippen LogP contribution >= 0.6 is 11.6 Å². The molecule has 0 spiro atoms. The van der Waals surface area contributed by atoms with Crippen molar-refractivity contribution in [3.05, 3.63) is 74.9 Å². The maximum Gasteiger partial charge on any atom is 0.290 e. The van der Waals surface area contributed by atoms with Crippen LogP contribution in [0.5, 0.6) is 0 Å². The number of unbranched alkanes of at least 4 members (excludes halogenated alkanes) is 2. The highest BCUT2D eigenvalue weighted by atomic mass is 35.5. The lowest BCUT2D eigenvalue weighted by Crippen LogP contribution is -2.43. The van der Waals surface area contributed by atoms with E-state index in [2.05, 4.69) is 16.0 Å². The molecule has 0 aliphatic rings. The van der Waals surface area contributed by atoms with Crippen LogP contribution in [0.2, 0.25) is 5.02 Å². The summed E-state index contributed by atoms with van der Waals surface area (Å²) >= 11 is 5.79. The van der Waals surface area contributed by atoms with Gasteiger partial charge in [-0.1, -0.05) is 49.6 Å². The van der Waals surface area contributed by atoms with Crippen molar-refractivity contribution in [3.63, 3.8) is 0 Å². The van der Waals surface area contributed by atoms with Crippen LogP contribution in [-0.4, -0.2) is 21.6 Å². The van der Waals surface area contributed by atoms with Gasteiger partial charge in [0, 0.05) is 17.0 Å². The summed E-state index contributed by atoms with van der Waals surface area (Å²) in [6.07, 6.45) is 2.64. The second-order valence-electron chi connectivity index (χ2n) is 6.66. The van der Waals surface area contributed by atoms with Gasteiger partial charge in [0.15, 0.2) is 5.69 Å². The van der Waals surface area contributed by atoms with Gasteiger partial charge in [0.1, 0.15) is 5.82 Å². The van der Waals surface area contributed by atoms with E-state index in [4.69, 9.17) is 11.6 Å². The van der Waals surface area contributed by atoms with Gasteiger partial charge in [-0.15, -0.1) is 0 Å². The second kappa shape index (κ2) is 9.49. The molecule has 7 nitrogen and oxygen atoms in total. The molecule has 0 saturated carbocycles. The molecular formula is C21H20ClFN4O3. The molecule has 0 bridgehead atoms. The fourth-order valence-corrected chi connectivity index (χ4v) is 3.15. The van der Waals surface area contributed by atoms with Crippen molar-refractivity contribution >= 4 is 34.2 Å². The number of nitrogens with one attached hydrogen (secondary N) is 2. The number of hydrazine groups is 1. The first-order chi connectivity index (χ1) is 14.4. The molecule has 2 N–H and O–H groups in total. The molecule has 9 heteroatoms. The zero-order valence-electron chi connectivity index (χ0n) is 16.2. The number of benzene rings is 2. The highest BCUT2D eigenvalue weighted by molar-refractivity contribution is 6.31. The number of amides is 2. The quantitative estimate of drug-likeness (QED) is 0.462.